The number of rotatable bonds is 5. The number of hydrogen-bond donors (Lipinski definition) is 1. The molecule has 0 spiro atoms. The molecular formula is C17H21ClN2O. The zero-order valence-electron chi connectivity index (χ0n) is 12.9. The molecule has 0 saturated carbocycles. The SMILES string of the molecule is CNc1cccc(COc2cc(C(C)C)c(Cl)cc2C)n1. The molecule has 1 aromatic carbocycles. The molecule has 21 heavy (non-hydrogen) atoms. The number of nitrogens with zero attached hydrogens (tertiary/aromatic N) is 1. The van der Waals surface area contributed by atoms with E-state index in [1.165, 1.54) is 0 Å². The van der Waals surface area contributed by atoms with Crippen LogP contribution in [-0.2, 0) is 6.61 Å². The van der Waals surface area contributed by atoms with Crippen LogP contribution in [0.1, 0.15) is 36.6 Å². The third-order valence-corrected chi connectivity index (χ3v) is 3.68. The van der Waals surface area contributed by atoms with Gasteiger partial charge in [-0.1, -0.05) is 31.5 Å². The van der Waals surface area contributed by atoms with Crippen molar-refractivity contribution in [1.29, 1.82) is 0 Å². The lowest BCUT2D eigenvalue weighted by Gasteiger charge is -2.14. The van der Waals surface area contributed by atoms with Gasteiger partial charge in [-0.2, -0.15) is 0 Å². The summed E-state index contributed by atoms with van der Waals surface area (Å²) in [6, 6.07) is 9.84. The highest BCUT2D eigenvalue weighted by molar-refractivity contribution is 6.31. The molecule has 3 nitrogen and oxygen atoms in total. The minimum absolute atomic E-state index is 0.367. The molecule has 2 aromatic rings. The summed E-state index contributed by atoms with van der Waals surface area (Å²) in [4.78, 5) is 4.45. The molecule has 112 valence electrons. The predicted molar refractivity (Wildman–Crippen MR) is 88.4 cm³/mol. The predicted octanol–water partition coefficient (Wildman–Crippen LogP) is 4.79. The fraction of sp³-hybridized carbons (Fsp3) is 0.353. The molecule has 0 aliphatic carbocycles. The van der Waals surface area contributed by atoms with E-state index in [0.29, 0.717) is 12.5 Å². The topological polar surface area (TPSA) is 34.1 Å². The first kappa shape index (κ1) is 15.6. The number of pyridine rings is 1. The largest absolute Gasteiger partial charge is 0.487 e. The first-order valence-corrected chi connectivity index (χ1v) is 7.45. The van der Waals surface area contributed by atoms with Gasteiger partial charge in [0.15, 0.2) is 0 Å². The van der Waals surface area contributed by atoms with Crippen LogP contribution in [0.4, 0.5) is 5.82 Å². The van der Waals surface area contributed by atoms with Gasteiger partial charge >= 0.3 is 0 Å². The number of aromatic nitrogens is 1. The smallest absolute Gasteiger partial charge is 0.130 e. The van der Waals surface area contributed by atoms with Crippen LogP contribution in [0.3, 0.4) is 0 Å². The van der Waals surface area contributed by atoms with Crippen molar-refractivity contribution in [1.82, 2.24) is 4.98 Å². The standard InChI is InChI=1S/C17H21ClN2O/c1-11(2)14-9-16(12(3)8-15(14)18)21-10-13-6-5-7-17(19-4)20-13/h5-9,11H,10H2,1-4H3,(H,19,20). The maximum absolute atomic E-state index is 6.28. The van der Waals surface area contributed by atoms with Crippen molar-refractivity contribution in [2.75, 3.05) is 12.4 Å². The average molecular weight is 305 g/mol. The van der Waals surface area contributed by atoms with E-state index in [2.05, 4.69) is 24.1 Å². The molecule has 0 atom stereocenters. The molecule has 2 rings (SSSR count). The van der Waals surface area contributed by atoms with Crippen LogP contribution in [-0.4, -0.2) is 12.0 Å². The van der Waals surface area contributed by atoms with Gasteiger partial charge in [0, 0.05) is 12.1 Å². The third kappa shape index (κ3) is 3.88. The van der Waals surface area contributed by atoms with Crippen LogP contribution >= 0.6 is 11.6 Å². The van der Waals surface area contributed by atoms with Crippen molar-refractivity contribution in [2.45, 2.75) is 33.3 Å². The molecule has 0 aliphatic rings. The Labute approximate surface area is 131 Å². The van der Waals surface area contributed by atoms with Gasteiger partial charge in [-0.15, -0.1) is 0 Å². The summed E-state index contributed by atoms with van der Waals surface area (Å²) in [6.07, 6.45) is 0. The van der Waals surface area contributed by atoms with E-state index in [4.69, 9.17) is 16.3 Å². The fourth-order valence-electron chi connectivity index (χ4n) is 2.12. The van der Waals surface area contributed by atoms with Gasteiger partial charge in [0.05, 0.1) is 5.69 Å². The Morgan fingerprint density at radius 3 is 2.71 bits per heavy atom. The quantitative estimate of drug-likeness (QED) is 0.862. The summed E-state index contributed by atoms with van der Waals surface area (Å²) in [5.74, 6) is 2.07. The van der Waals surface area contributed by atoms with Gasteiger partial charge in [-0.25, -0.2) is 4.98 Å². The number of anilines is 1. The Hall–Kier alpha value is -1.74. The summed E-state index contributed by atoms with van der Waals surface area (Å²) in [7, 11) is 1.85. The lowest BCUT2D eigenvalue weighted by molar-refractivity contribution is 0.299. The second-order valence-corrected chi connectivity index (χ2v) is 5.75. The van der Waals surface area contributed by atoms with Gasteiger partial charge in [0.25, 0.3) is 0 Å². The number of benzene rings is 1. The highest BCUT2D eigenvalue weighted by atomic mass is 35.5. The summed E-state index contributed by atoms with van der Waals surface area (Å²) in [5, 5.41) is 3.82. The van der Waals surface area contributed by atoms with Crippen LogP contribution < -0.4 is 10.1 Å². The zero-order valence-corrected chi connectivity index (χ0v) is 13.7. The van der Waals surface area contributed by atoms with Crippen LogP contribution in [0.2, 0.25) is 5.02 Å². The van der Waals surface area contributed by atoms with E-state index in [9.17, 15) is 0 Å². The molecular weight excluding hydrogens is 284 g/mol. The first-order chi connectivity index (χ1) is 10.0. The lowest BCUT2D eigenvalue weighted by Crippen LogP contribution is -2.02. The Morgan fingerprint density at radius 2 is 2.05 bits per heavy atom. The fourth-order valence-corrected chi connectivity index (χ4v) is 2.55. The molecule has 0 unspecified atom stereocenters. The lowest BCUT2D eigenvalue weighted by atomic mass is 10.0. The maximum Gasteiger partial charge on any atom is 0.130 e. The van der Waals surface area contributed by atoms with Crippen LogP contribution in [0, 0.1) is 6.92 Å². The summed E-state index contributed by atoms with van der Waals surface area (Å²) >= 11 is 6.28. The first-order valence-electron chi connectivity index (χ1n) is 7.07. The van der Waals surface area contributed by atoms with Gasteiger partial charge < -0.3 is 10.1 Å². The van der Waals surface area contributed by atoms with Crippen molar-refractivity contribution >= 4 is 17.4 Å². The van der Waals surface area contributed by atoms with Crippen molar-refractivity contribution in [3.05, 3.63) is 52.2 Å². The second-order valence-electron chi connectivity index (χ2n) is 5.35. The summed E-state index contributed by atoms with van der Waals surface area (Å²) < 4.78 is 5.92. The normalized spacial score (nSPS) is 10.8. The Morgan fingerprint density at radius 1 is 1.29 bits per heavy atom. The number of ether oxygens (including phenoxy) is 1. The molecule has 0 fully saturated rings. The summed E-state index contributed by atoms with van der Waals surface area (Å²) in [6.45, 7) is 6.69. The Kier molecular flexibility index (Phi) is 5.07. The second kappa shape index (κ2) is 6.81. The van der Waals surface area contributed by atoms with E-state index in [-0.39, 0.29) is 0 Å². The number of nitrogens with one attached hydrogen (secondary N) is 1. The molecule has 0 bridgehead atoms. The average Bonchev–Trinajstić information content (AvgIpc) is 2.46. The van der Waals surface area contributed by atoms with Crippen LogP contribution in [0.5, 0.6) is 5.75 Å². The molecule has 1 N–H and O–H groups in total. The Bertz CT molecular complexity index is 626. The molecule has 1 heterocycles. The van der Waals surface area contributed by atoms with Crippen LogP contribution in [0.15, 0.2) is 30.3 Å². The highest BCUT2D eigenvalue weighted by Gasteiger charge is 2.10. The van der Waals surface area contributed by atoms with Gasteiger partial charge in [0.2, 0.25) is 0 Å². The third-order valence-electron chi connectivity index (χ3n) is 3.35. The maximum atomic E-state index is 6.28. The van der Waals surface area contributed by atoms with Crippen molar-refractivity contribution in [3.8, 4) is 5.75 Å². The van der Waals surface area contributed by atoms with E-state index < -0.39 is 0 Å². The van der Waals surface area contributed by atoms with E-state index in [1.807, 2.05) is 44.3 Å². The van der Waals surface area contributed by atoms with Gasteiger partial charge in [-0.3, -0.25) is 0 Å². The highest BCUT2D eigenvalue weighted by Crippen LogP contribution is 2.31. The summed E-state index contributed by atoms with van der Waals surface area (Å²) in [5.41, 5.74) is 3.03. The zero-order chi connectivity index (χ0) is 15.4. The van der Waals surface area contributed by atoms with Crippen LogP contribution in [0.25, 0.3) is 0 Å². The molecule has 1 aromatic heterocycles. The van der Waals surface area contributed by atoms with Gasteiger partial charge in [0.1, 0.15) is 18.2 Å². The molecule has 4 heteroatoms. The molecule has 0 aliphatic heterocycles. The Balaban J connectivity index is 2.17. The van der Waals surface area contributed by atoms with Gasteiger partial charge in [-0.05, 0) is 48.2 Å². The molecule has 0 radical (unpaired) electrons. The molecule has 0 saturated heterocycles. The van der Waals surface area contributed by atoms with Crippen molar-refractivity contribution in [2.24, 2.45) is 0 Å². The van der Waals surface area contributed by atoms with Crippen molar-refractivity contribution < 1.29 is 4.74 Å². The van der Waals surface area contributed by atoms with E-state index in [1.54, 1.807) is 0 Å². The number of hydrogen-bond acceptors (Lipinski definition) is 3. The van der Waals surface area contributed by atoms with Crippen molar-refractivity contribution in [3.63, 3.8) is 0 Å². The minimum atomic E-state index is 0.367. The number of aryl methyl sites for hydroxylation is 1. The van der Waals surface area contributed by atoms with E-state index >= 15 is 0 Å². The number of halogens is 1. The van der Waals surface area contributed by atoms with E-state index in [0.717, 1.165) is 33.4 Å². The monoisotopic (exact) mass is 304 g/mol. The molecule has 0 amide bonds. The minimum Gasteiger partial charge on any atom is -0.487 e.